The summed E-state index contributed by atoms with van der Waals surface area (Å²) in [6, 6.07) is -1.21. The van der Waals surface area contributed by atoms with E-state index in [-0.39, 0.29) is 23.7 Å². The summed E-state index contributed by atoms with van der Waals surface area (Å²) < 4.78 is 0. The van der Waals surface area contributed by atoms with Crippen LogP contribution in [0.1, 0.15) is 78.1 Å². The van der Waals surface area contributed by atoms with Gasteiger partial charge in [0.05, 0.1) is 5.71 Å². The smallest absolute Gasteiger partial charge is 0.326 e. The quantitative estimate of drug-likeness (QED) is 0.289. The molecule has 0 saturated heterocycles. The van der Waals surface area contributed by atoms with Crippen LogP contribution in [0.5, 0.6) is 0 Å². The molecule has 9 nitrogen and oxygen atoms in total. The van der Waals surface area contributed by atoms with Crippen molar-refractivity contribution in [2.24, 2.45) is 39.5 Å². The summed E-state index contributed by atoms with van der Waals surface area (Å²) >= 11 is 0. The monoisotopic (exact) mass is 513 g/mol. The fraction of sp³-hybridized carbons (Fsp3) is 0.714. The highest BCUT2D eigenvalue weighted by molar-refractivity contribution is 5.96. The minimum Gasteiger partial charge on any atom is -0.480 e. The van der Waals surface area contributed by atoms with Crippen molar-refractivity contribution in [1.82, 2.24) is 5.32 Å². The SMILES string of the molecule is C#C[C@@]1(O)CC[C@@H]2[C@@H]3CCC4=CC(=NOCC(=O)N[C@@H](CCC(N)=O)C(=O)O)CC[C@]4(C)[C@H]3CC[C@@]21C. The predicted octanol–water partition coefficient (Wildman–Crippen LogP) is 2.52. The largest absolute Gasteiger partial charge is 0.480 e. The number of nitrogens with zero attached hydrogens (tertiary/aromatic N) is 1. The zero-order valence-corrected chi connectivity index (χ0v) is 21.8. The topological polar surface area (TPSA) is 151 Å². The van der Waals surface area contributed by atoms with Crippen molar-refractivity contribution in [3.63, 3.8) is 0 Å². The maximum atomic E-state index is 12.1. The first-order chi connectivity index (χ1) is 17.4. The Kier molecular flexibility index (Phi) is 7.44. The van der Waals surface area contributed by atoms with E-state index in [1.54, 1.807) is 0 Å². The van der Waals surface area contributed by atoms with E-state index in [0.29, 0.717) is 24.2 Å². The van der Waals surface area contributed by atoms with Gasteiger partial charge in [0.15, 0.2) is 6.61 Å². The van der Waals surface area contributed by atoms with Crippen molar-refractivity contribution in [1.29, 1.82) is 0 Å². The number of carbonyl (C=O) groups is 3. The number of carboxylic acids is 1. The summed E-state index contributed by atoms with van der Waals surface area (Å²) in [7, 11) is 0. The molecular weight excluding hydrogens is 474 g/mol. The molecule has 4 aliphatic rings. The van der Waals surface area contributed by atoms with E-state index < -0.39 is 36.0 Å². The van der Waals surface area contributed by atoms with Crippen molar-refractivity contribution in [2.45, 2.75) is 89.7 Å². The van der Waals surface area contributed by atoms with E-state index >= 15 is 0 Å². The number of nitrogens with one attached hydrogen (secondary N) is 1. The van der Waals surface area contributed by atoms with E-state index in [2.05, 4.69) is 36.3 Å². The number of carbonyl (C=O) groups excluding carboxylic acids is 2. The number of terminal acetylenes is 1. The highest BCUT2D eigenvalue weighted by Crippen LogP contribution is 2.67. The van der Waals surface area contributed by atoms with Gasteiger partial charge in [-0.05, 0) is 87.0 Å². The summed E-state index contributed by atoms with van der Waals surface area (Å²) in [6.07, 6.45) is 15.1. The molecule has 37 heavy (non-hydrogen) atoms. The van der Waals surface area contributed by atoms with Gasteiger partial charge in [0, 0.05) is 11.8 Å². The maximum absolute atomic E-state index is 12.1. The highest BCUT2D eigenvalue weighted by atomic mass is 16.6. The molecule has 0 radical (unpaired) electrons. The van der Waals surface area contributed by atoms with Gasteiger partial charge in [-0.3, -0.25) is 9.59 Å². The van der Waals surface area contributed by atoms with Crippen LogP contribution >= 0.6 is 0 Å². The molecule has 0 aromatic carbocycles. The van der Waals surface area contributed by atoms with E-state index in [1.165, 1.54) is 5.57 Å². The molecular formula is C28H39N3O6. The normalized spacial score (nSPS) is 38.3. The van der Waals surface area contributed by atoms with Crippen LogP contribution in [0.2, 0.25) is 0 Å². The molecule has 0 unspecified atom stereocenters. The zero-order valence-electron chi connectivity index (χ0n) is 21.8. The second kappa shape index (κ2) is 10.1. The van der Waals surface area contributed by atoms with Gasteiger partial charge >= 0.3 is 5.97 Å². The van der Waals surface area contributed by atoms with Gasteiger partial charge in [-0.2, -0.15) is 0 Å². The number of hydrogen-bond acceptors (Lipinski definition) is 6. The Morgan fingerprint density at radius 2 is 1.95 bits per heavy atom. The maximum Gasteiger partial charge on any atom is 0.326 e. The molecule has 3 fully saturated rings. The lowest BCUT2D eigenvalue weighted by Gasteiger charge is -2.58. The number of nitrogens with two attached hydrogens (primary N) is 1. The fourth-order valence-electron chi connectivity index (χ4n) is 7.85. The highest BCUT2D eigenvalue weighted by Gasteiger charge is 2.63. The minimum atomic E-state index is -1.24. The Morgan fingerprint density at radius 1 is 1.22 bits per heavy atom. The number of amides is 2. The second-order valence-corrected chi connectivity index (χ2v) is 11.8. The first-order valence-electron chi connectivity index (χ1n) is 13.3. The van der Waals surface area contributed by atoms with E-state index in [1.807, 2.05) is 0 Å². The Bertz CT molecular complexity index is 1060. The molecule has 0 aliphatic heterocycles. The van der Waals surface area contributed by atoms with Gasteiger partial charge in [0.1, 0.15) is 11.6 Å². The Hall–Kier alpha value is -2.86. The predicted molar refractivity (Wildman–Crippen MR) is 137 cm³/mol. The van der Waals surface area contributed by atoms with Crippen LogP contribution < -0.4 is 11.1 Å². The lowest BCUT2D eigenvalue weighted by atomic mass is 9.46. The summed E-state index contributed by atoms with van der Waals surface area (Å²) in [5, 5.41) is 26.9. The number of aliphatic carboxylic acids is 1. The van der Waals surface area contributed by atoms with E-state index in [9.17, 15) is 24.6 Å². The van der Waals surface area contributed by atoms with Crippen molar-refractivity contribution in [3.8, 4) is 12.3 Å². The third-order valence-electron chi connectivity index (χ3n) is 10.1. The van der Waals surface area contributed by atoms with Gasteiger partial charge in [0.25, 0.3) is 5.91 Å². The van der Waals surface area contributed by atoms with E-state index in [0.717, 1.165) is 50.7 Å². The van der Waals surface area contributed by atoms with Crippen LogP contribution in [0.25, 0.3) is 0 Å². The molecule has 7 atom stereocenters. The van der Waals surface area contributed by atoms with Crippen LogP contribution in [0.3, 0.4) is 0 Å². The first kappa shape index (κ1) is 27.2. The molecule has 0 bridgehead atoms. The molecule has 0 aromatic rings. The van der Waals surface area contributed by atoms with Gasteiger partial charge in [-0.25, -0.2) is 4.79 Å². The van der Waals surface area contributed by atoms with Crippen molar-refractivity contribution in [2.75, 3.05) is 6.61 Å². The van der Waals surface area contributed by atoms with Crippen LogP contribution in [0.15, 0.2) is 16.8 Å². The third kappa shape index (κ3) is 4.88. The molecule has 202 valence electrons. The second-order valence-electron chi connectivity index (χ2n) is 11.8. The molecule has 0 spiro atoms. The van der Waals surface area contributed by atoms with Crippen LogP contribution in [-0.4, -0.2) is 52.0 Å². The van der Waals surface area contributed by atoms with Crippen LogP contribution in [0, 0.1) is 40.9 Å². The number of hydrogen-bond donors (Lipinski definition) is 4. The summed E-state index contributed by atoms with van der Waals surface area (Å²) in [6.45, 7) is 4.15. The fourth-order valence-corrected chi connectivity index (χ4v) is 7.85. The van der Waals surface area contributed by atoms with Crippen molar-refractivity contribution >= 4 is 23.5 Å². The summed E-state index contributed by atoms with van der Waals surface area (Å²) in [5.41, 5.74) is 6.08. The van der Waals surface area contributed by atoms with Crippen LogP contribution in [0.4, 0.5) is 0 Å². The lowest BCUT2D eigenvalue weighted by Crippen LogP contribution is -2.54. The number of rotatable bonds is 8. The number of primary amides is 1. The summed E-state index contributed by atoms with van der Waals surface area (Å²) in [5.74, 6) is 1.80. The Morgan fingerprint density at radius 3 is 2.62 bits per heavy atom. The molecule has 3 saturated carbocycles. The lowest BCUT2D eigenvalue weighted by molar-refractivity contribution is -0.142. The molecule has 0 aromatic heterocycles. The molecule has 4 aliphatic carbocycles. The van der Waals surface area contributed by atoms with Gasteiger partial charge in [0.2, 0.25) is 5.91 Å². The third-order valence-corrected chi connectivity index (χ3v) is 10.1. The Balaban J connectivity index is 1.37. The number of carboxylic acid groups (broad SMARTS) is 1. The average molecular weight is 514 g/mol. The number of allylic oxidation sites excluding steroid dienone is 2. The molecule has 2 amide bonds. The van der Waals surface area contributed by atoms with Gasteiger partial charge in [-0.15, -0.1) is 6.42 Å². The zero-order chi connectivity index (χ0) is 27.0. The number of fused-ring (bicyclic) bond motifs is 5. The van der Waals surface area contributed by atoms with Crippen LogP contribution in [-0.2, 0) is 19.2 Å². The number of aliphatic hydroxyl groups is 1. The molecule has 4 rings (SSSR count). The Labute approximate surface area is 218 Å². The minimum absolute atomic E-state index is 0.0760. The van der Waals surface area contributed by atoms with E-state index in [4.69, 9.17) is 17.0 Å². The van der Waals surface area contributed by atoms with Crippen molar-refractivity contribution in [3.05, 3.63) is 11.6 Å². The number of oxime groups is 1. The molecule has 5 N–H and O–H groups in total. The summed E-state index contributed by atoms with van der Waals surface area (Å²) in [4.78, 5) is 39.6. The first-order valence-corrected chi connectivity index (χ1v) is 13.3. The average Bonchev–Trinajstić information content (AvgIpc) is 3.12. The molecule has 0 heterocycles. The van der Waals surface area contributed by atoms with Gasteiger partial charge < -0.3 is 26.1 Å². The van der Waals surface area contributed by atoms with Crippen molar-refractivity contribution < 1.29 is 29.4 Å². The standard InChI is InChI=1S/C28H39N3O6/c1-4-28(36)14-11-21-19-6-5-17-15-18(9-12-26(17,2)20(19)10-13-27(21,28)3)31-37-16-24(33)30-22(25(34)35)7-8-23(29)32/h1,15,19-22,36H,5-14,16H2,2-3H3,(H2,29,32)(H,30,33)(H,34,35)/t19-,20+,21-,22+,26+,27+,28-/m1/s1. The van der Waals surface area contributed by atoms with Gasteiger partial charge in [-0.1, -0.05) is 30.5 Å². The molecule has 9 heteroatoms.